The molecule has 4 rings (SSSR count). The van der Waals surface area contributed by atoms with Gasteiger partial charge in [0, 0.05) is 17.6 Å². The molecule has 1 unspecified atom stereocenters. The smallest absolute Gasteiger partial charge is 0.264 e. The lowest BCUT2D eigenvalue weighted by atomic mass is 10.1. The van der Waals surface area contributed by atoms with Crippen LogP contribution in [0, 0.1) is 0 Å². The average Bonchev–Trinajstić information content (AvgIpc) is 3.50. The lowest BCUT2D eigenvalue weighted by Crippen LogP contribution is -2.53. The first-order chi connectivity index (χ1) is 20.3. The molecule has 0 spiro atoms. The number of sulfonamides is 1. The second-order valence-corrected chi connectivity index (χ2v) is 12.5. The third-order valence-corrected chi connectivity index (χ3v) is 9.57. The lowest BCUT2D eigenvalue weighted by Gasteiger charge is -2.34. The Bertz CT molecular complexity index is 1460. The number of rotatable bonds is 13. The minimum absolute atomic E-state index is 0.0350. The summed E-state index contributed by atoms with van der Waals surface area (Å²) in [6.45, 7) is 3.45. The van der Waals surface area contributed by atoms with Crippen LogP contribution in [0.15, 0.2) is 83.8 Å². The van der Waals surface area contributed by atoms with E-state index >= 15 is 0 Å². The van der Waals surface area contributed by atoms with E-state index in [0.29, 0.717) is 29.4 Å². The topological polar surface area (TPSA) is 96.0 Å². The molecule has 0 aromatic heterocycles. The monoisotopic (exact) mass is 611 g/mol. The van der Waals surface area contributed by atoms with Gasteiger partial charge in [-0.15, -0.1) is 0 Å². The number of hydrogen-bond donors (Lipinski definition) is 1. The fraction of sp³-hybridized carbons (Fsp3) is 0.375. The van der Waals surface area contributed by atoms with Crippen molar-refractivity contribution in [3.63, 3.8) is 0 Å². The molecule has 2 amide bonds. The van der Waals surface area contributed by atoms with Gasteiger partial charge < -0.3 is 15.0 Å². The predicted octanol–water partition coefficient (Wildman–Crippen LogP) is 5.80. The van der Waals surface area contributed by atoms with Crippen molar-refractivity contribution in [3.8, 4) is 5.75 Å². The van der Waals surface area contributed by atoms with Gasteiger partial charge in [-0.2, -0.15) is 0 Å². The first-order valence-electron chi connectivity index (χ1n) is 14.4. The molecule has 1 fully saturated rings. The van der Waals surface area contributed by atoms with Crippen LogP contribution in [0.5, 0.6) is 5.75 Å². The van der Waals surface area contributed by atoms with E-state index in [9.17, 15) is 18.0 Å². The second kappa shape index (κ2) is 14.6. The zero-order chi connectivity index (χ0) is 30.1. The molecule has 0 heterocycles. The van der Waals surface area contributed by atoms with Crippen LogP contribution in [-0.2, 0) is 26.2 Å². The maximum absolute atomic E-state index is 14.3. The predicted molar refractivity (Wildman–Crippen MR) is 165 cm³/mol. The average molecular weight is 612 g/mol. The van der Waals surface area contributed by atoms with Gasteiger partial charge in [-0.05, 0) is 62.1 Å². The molecule has 8 nitrogen and oxygen atoms in total. The van der Waals surface area contributed by atoms with E-state index in [0.717, 1.165) is 30.0 Å². The van der Waals surface area contributed by atoms with Crippen LogP contribution < -0.4 is 14.4 Å². The Labute approximate surface area is 253 Å². The van der Waals surface area contributed by atoms with Crippen LogP contribution in [-0.4, -0.2) is 50.4 Å². The van der Waals surface area contributed by atoms with Crippen molar-refractivity contribution in [2.24, 2.45) is 0 Å². The van der Waals surface area contributed by atoms with Crippen molar-refractivity contribution < 1.29 is 22.7 Å². The number of para-hydroxylation sites is 2. The molecule has 10 heteroatoms. The molecule has 1 N–H and O–H groups in total. The van der Waals surface area contributed by atoms with Gasteiger partial charge in [0.25, 0.3) is 10.0 Å². The number of carbonyl (C=O) groups excluding carboxylic acids is 2. The Morgan fingerprint density at radius 3 is 2.26 bits per heavy atom. The van der Waals surface area contributed by atoms with Gasteiger partial charge in [0.1, 0.15) is 18.3 Å². The van der Waals surface area contributed by atoms with E-state index in [1.807, 2.05) is 13.0 Å². The van der Waals surface area contributed by atoms with E-state index in [-0.39, 0.29) is 29.1 Å². The molecule has 1 saturated carbocycles. The SMILES string of the molecule is CCOc1ccccc1N(CC(=O)N(Cc1ccccc1Cl)C(CC)C(=O)NC1CCCC1)S(=O)(=O)c1ccccc1. The lowest BCUT2D eigenvalue weighted by molar-refractivity contribution is -0.140. The quantitative estimate of drug-likeness (QED) is 0.264. The van der Waals surface area contributed by atoms with E-state index in [1.54, 1.807) is 67.6 Å². The molecule has 1 aliphatic rings. The van der Waals surface area contributed by atoms with Crippen LogP contribution in [0.25, 0.3) is 0 Å². The Kier molecular flexibility index (Phi) is 10.9. The highest BCUT2D eigenvalue weighted by atomic mass is 35.5. The second-order valence-electron chi connectivity index (χ2n) is 10.3. The minimum Gasteiger partial charge on any atom is -0.492 e. The Morgan fingerprint density at radius 1 is 0.952 bits per heavy atom. The minimum atomic E-state index is -4.20. The summed E-state index contributed by atoms with van der Waals surface area (Å²) >= 11 is 6.49. The maximum atomic E-state index is 14.3. The summed E-state index contributed by atoms with van der Waals surface area (Å²) in [5.41, 5.74) is 0.893. The largest absolute Gasteiger partial charge is 0.492 e. The number of nitrogens with zero attached hydrogens (tertiary/aromatic N) is 2. The molecule has 0 aliphatic heterocycles. The first-order valence-corrected chi connectivity index (χ1v) is 16.2. The van der Waals surface area contributed by atoms with Gasteiger partial charge >= 0.3 is 0 Å². The van der Waals surface area contributed by atoms with Crippen molar-refractivity contribution in [1.82, 2.24) is 10.2 Å². The third kappa shape index (κ3) is 7.44. The van der Waals surface area contributed by atoms with Gasteiger partial charge in [0.15, 0.2) is 0 Å². The first kappa shape index (κ1) is 31.4. The fourth-order valence-electron chi connectivity index (χ4n) is 5.27. The number of ether oxygens (including phenoxy) is 1. The zero-order valence-electron chi connectivity index (χ0n) is 24.0. The molecule has 0 radical (unpaired) electrons. The fourth-order valence-corrected chi connectivity index (χ4v) is 6.91. The van der Waals surface area contributed by atoms with Gasteiger partial charge in [0.05, 0.1) is 17.2 Å². The number of hydrogen-bond acceptors (Lipinski definition) is 5. The number of halogens is 1. The summed E-state index contributed by atoms with van der Waals surface area (Å²) in [7, 11) is -4.20. The van der Waals surface area contributed by atoms with Gasteiger partial charge in [-0.25, -0.2) is 8.42 Å². The number of amides is 2. The molecular weight excluding hydrogens is 574 g/mol. The number of anilines is 1. The van der Waals surface area contributed by atoms with Crippen molar-refractivity contribution >= 4 is 39.1 Å². The summed E-state index contributed by atoms with van der Waals surface area (Å²) in [5, 5.41) is 3.57. The summed E-state index contributed by atoms with van der Waals surface area (Å²) in [5.74, 6) is -0.456. The van der Waals surface area contributed by atoms with Crippen molar-refractivity contribution in [2.75, 3.05) is 17.5 Å². The highest BCUT2D eigenvalue weighted by Crippen LogP contribution is 2.33. The van der Waals surface area contributed by atoms with E-state index in [1.165, 1.54) is 17.0 Å². The molecule has 1 aliphatic carbocycles. The normalized spacial score (nSPS) is 14.3. The molecular formula is C32H38ClN3O5S. The Balaban J connectivity index is 1.75. The number of nitrogens with one attached hydrogen (secondary N) is 1. The standard InChI is InChI=1S/C32H38ClN3O5S/c1-3-28(32(38)34-25-15-9-10-16-25)35(22-24-14-8-11-19-27(24)33)31(37)23-36(29-20-12-13-21-30(29)41-4-2)42(39,40)26-17-6-5-7-18-26/h5-8,11-14,17-21,25,28H,3-4,9-10,15-16,22-23H2,1-2H3,(H,34,38). The molecule has 3 aromatic carbocycles. The van der Waals surface area contributed by atoms with Crippen molar-refractivity contribution in [3.05, 3.63) is 89.4 Å². The van der Waals surface area contributed by atoms with Gasteiger partial charge in [-0.3, -0.25) is 13.9 Å². The maximum Gasteiger partial charge on any atom is 0.264 e. The highest BCUT2D eigenvalue weighted by Gasteiger charge is 2.35. The van der Waals surface area contributed by atoms with E-state index < -0.39 is 28.5 Å². The van der Waals surface area contributed by atoms with Gasteiger partial charge in [0.2, 0.25) is 11.8 Å². The summed E-state index contributed by atoms with van der Waals surface area (Å²) < 4.78 is 35.0. The number of carbonyl (C=O) groups is 2. The highest BCUT2D eigenvalue weighted by molar-refractivity contribution is 7.92. The summed E-state index contributed by atoms with van der Waals surface area (Å²) in [4.78, 5) is 29.3. The van der Waals surface area contributed by atoms with Crippen LogP contribution in [0.1, 0.15) is 51.5 Å². The molecule has 42 heavy (non-hydrogen) atoms. The molecule has 0 saturated heterocycles. The molecule has 224 valence electrons. The number of benzene rings is 3. The zero-order valence-corrected chi connectivity index (χ0v) is 25.6. The van der Waals surface area contributed by atoms with Crippen LogP contribution >= 0.6 is 11.6 Å². The van der Waals surface area contributed by atoms with E-state index in [2.05, 4.69) is 5.32 Å². The van der Waals surface area contributed by atoms with Crippen LogP contribution in [0.2, 0.25) is 5.02 Å². The summed E-state index contributed by atoms with van der Waals surface area (Å²) in [6.07, 6.45) is 4.25. The Hall–Kier alpha value is -3.56. The van der Waals surface area contributed by atoms with Gasteiger partial charge in [-0.1, -0.05) is 79.9 Å². The van der Waals surface area contributed by atoms with E-state index in [4.69, 9.17) is 16.3 Å². The molecule has 3 aromatic rings. The molecule has 1 atom stereocenters. The van der Waals surface area contributed by atoms with Crippen LogP contribution in [0.4, 0.5) is 5.69 Å². The van der Waals surface area contributed by atoms with Crippen LogP contribution in [0.3, 0.4) is 0 Å². The third-order valence-electron chi connectivity index (χ3n) is 7.43. The summed E-state index contributed by atoms with van der Waals surface area (Å²) in [6, 6.07) is 21.1. The Morgan fingerprint density at radius 2 is 1.60 bits per heavy atom. The van der Waals surface area contributed by atoms with Crippen molar-refractivity contribution in [2.45, 2.75) is 69.5 Å². The molecule has 0 bridgehead atoms. The van der Waals surface area contributed by atoms with Crippen molar-refractivity contribution in [1.29, 1.82) is 0 Å².